The van der Waals surface area contributed by atoms with E-state index in [0.717, 1.165) is 0 Å². The van der Waals surface area contributed by atoms with Crippen LogP contribution >= 0.6 is 0 Å². The van der Waals surface area contributed by atoms with E-state index >= 15 is 0 Å². The van der Waals surface area contributed by atoms with Gasteiger partial charge in [-0.05, 0) is 13.0 Å². The highest BCUT2D eigenvalue weighted by Gasteiger charge is 2.12. The van der Waals surface area contributed by atoms with Crippen LogP contribution in [0.1, 0.15) is 17.3 Å². The van der Waals surface area contributed by atoms with Crippen molar-refractivity contribution in [3.63, 3.8) is 0 Å². The molecule has 1 amide bonds. The van der Waals surface area contributed by atoms with E-state index in [1.165, 1.54) is 0 Å². The van der Waals surface area contributed by atoms with Gasteiger partial charge in [-0.25, -0.2) is 0 Å². The minimum Gasteiger partial charge on any atom is -0.386 e. The van der Waals surface area contributed by atoms with Gasteiger partial charge in [0.25, 0.3) is 5.91 Å². The Morgan fingerprint density at radius 3 is 3.00 bits per heavy atom. The molecule has 0 saturated heterocycles. The smallest absolute Gasteiger partial charge is 0.253 e. The molecule has 1 rings (SSSR count). The summed E-state index contributed by atoms with van der Waals surface area (Å²) in [6.45, 7) is 2.38. The van der Waals surface area contributed by atoms with Crippen LogP contribution in [0.15, 0.2) is 18.5 Å². The largest absolute Gasteiger partial charge is 0.386 e. The zero-order chi connectivity index (χ0) is 12.0. The minimum atomic E-state index is -0.128. The van der Waals surface area contributed by atoms with Crippen molar-refractivity contribution < 1.29 is 9.53 Å². The summed E-state index contributed by atoms with van der Waals surface area (Å²) in [7, 11) is 3.36. The zero-order valence-corrected chi connectivity index (χ0v) is 9.78. The third kappa shape index (κ3) is 3.20. The lowest BCUT2D eigenvalue weighted by atomic mass is 10.2. The maximum absolute atomic E-state index is 11.9. The number of nitrogens with one attached hydrogen (secondary N) is 2. The van der Waals surface area contributed by atoms with Gasteiger partial charge in [0.05, 0.1) is 24.1 Å². The van der Waals surface area contributed by atoms with Crippen LogP contribution in [0.2, 0.25) is 0 Å². The fourth-order valence-corrected chi connectivity index (χ4v) is 1.38. The van der Waals surface area contributed by atoms with Crippen molar-refractivity contribution in [3.05, 3.63) is 24.0 Å². The first-order valence-corrected chi connectivity index (χ1v) is 5.10. The number of amides is 1. The molecular formula is C11H17N3O2. The van der Waals surface area contributed by atoms with Gasteiger partial charge in [0.2, 0.25) is 0 Å². The predicted molar refractivity (Wildman–Crippen MR) is 62.6 cm³/mol. The van der Waals surface area contributed by atoms with Crippen LogP contribution in [0, 0.1) is 0 Å². The van der Waals surface area contributed by atoms with Crippen molar-refractivity contribution in [2.45, 2.75) is 13.0 Å². The normalized spacial score (nSPS) is 11.9. The monoisotopic (exact) mass is 223 g/mol. The first-order chi connectivity index (χ1) is 7.69. The first-order valence-electron chi connectivity index (χ1n) is 5.10. The van der Waals surface area contributed by atoms with E-state index in [1.54, 1.807) is 32.6 Å². The van der Waals surface area contributed by atoms with Gasteiger partial charge in [0.15, 0.2) is 0 Å². The van der Waals surface area contributed by atoms with Gasteiger partial charge >= 0.3 is 0 Å². The Bertz CT molecular complexity index is 355. The molecule has 5 heteroatoms. The topological polar surface area (TPSA) is 63.2 Å². The van der Waals surface area contributed by atoms with E-state index in [-0.39, 0.29) is 11.9 Å². The SMILES string of the molecule is CNc1cnccc1C(=O)NC(C)COC. The molecule has 0 aliphatic rings. The molecule has 0 aliphatic carbocycles. The second-order valence-corrected chi connectivity index (χ2v) is 3.50. The van der Waals surface area contributed by atoms with Crippen LogP contribution in [0.25, 0.3) is 0 Å². The second kappa shape index (κ2) is 6.07. The summed E-state index contributed by atoms with van der Waals surface area (Å²) in [5.74, 6) is -0.128. The summed E-state index contributed by atoms with van der Waals surface area (Å²) in [6.07, 6.45) is 3.21. The Morgan fingerprint density at radius 2 is 2.38 bits per heavy atom. The average molecular weight is 223 g/mol. The summed E-state index contributed by atoms with van der Waals surface area (Å²) >= 11 is 0. The van der Waals surface area contributed by atoms with Crippen molar-refractivity contribution in [3.8, 4) is 0 Å². The number of pyridine rings is 1. The summed E-state index contributed by atoms with van der Waals surface area (Å²) in [6, 6.07) is 1.66. The molecule has 1 unspecified atom stereocenters. The summed E-state index contributed by atoms with van der Waals surface area (Å²) in [5, 5.41) is 5.77. The van der Waals surface area contributed by atoms with Crippen molar-refractivity contribution in [1.29, 1.82) is 0 Å². The average Bonchev–Trinajstić information content (AvgIpc) is 2.29. The van der Waals surface area contributed by atoms with Gasteiger partial charge in [-0.1, -0.05) is 0 Å². The standard InChI is InChI=1S/C11H17N3O2/c1-8(7-16-3)14-11(15)9-4-5-13-6-10(9)12-2/h4-6,8,12H,7H2,1-3H3,(H,14,15). The lowest BCUT2D eigenvalue weighted by molar-refractivity contribution is 0.0906. The van der Waals surface area contributed by atoms with E-state index in [2.05, 4.69) is 15.6 Å². The van der Waals surface area contributed by atoms with E-state index in [0.29, 0.717) is 17.9 Å². The zero-order valence-electron chi connectivity index (χ0n) is 9.78. The highest BCUT2D eigenvalue weighted by atomic mass is 16.5. The first kappa shape index (κ1) is 12.4. The van der Waals surface area contributed by atoms with Gasteiger partial charge in [-0.3, -0.25) is 9.78 Å². The van der Waals surface area contributed by atoms with Crippen molar-refractivity contribution in [2.75, 3.05) is 26.1 Å². The van der Waals surface area contributed by atoms with Crippen molar-refractivity contribution in [2.24, 2.45) is 0 Å². The minimum absolute atomic E-state index is 0.0182. The van der Waals surface area contributed by atoms with Gasteiger partial charge in [-0.2, -0.15) is 0 Å². The molecule has 88 valence electrons. The molecular weight excluding hydrogens is 206 g/mol. The molecule has 1 aromatic rings. The van der Waals surface area contributed by atoms with Crippen molar-refractivity contribution in [1.82, 2.24) is 10.3 Å². The summed E-state index contributed by atoms with van der Waals surface area (Å²) in [4.78, 5) is 15.8. The Kier molecular flexibility index (Phi) is 4.72. The number of anilines is 1. The number of methoxy groups -OCH3 is 1. The Labute approximate surface area is 95.2 Å². The molecule has 0 radical (unpaired) electrons. The molecule has 1 aromatic heterocycles. The van der Waals surface area contributed by atoms with Gasteiger partial charge in [0, 0.05) is 26.4 Å². The fraction of sp³-hybridized carbons (Fsp3) is 0.455. The maximum Gasteiger partial charge on any atom is 0.253 e. The van der Waals surface area contributed by atoms with Crippen LogP contribution < -0.4 is 10.6 Å². The van der Waals surface area contributed by atoms with Crippen LogP contribution in [0.4, 0.5) is 5.69 Å². The number of nitrogens with zero attached hydrogens (tertiary/aromatic N) is 1. The quantitative estimate of drug-likeness (QED) is 0.778. The number of hydrogen-bond acceptors (Lipinski definition) is 4. The number of carbonyl (C=O) groups excluding carboxylic acids is 1. The van der Waals surface area contributed by atoms with Crippen molar-refractivity contribution >= 4 is 11.6 Å². The highest BCUT2D eigenvalue weighted by molar-refractivity contribution is 5.99. The molecule has 1 heterocycles. The van der Waals surface area contributed by atoms with Crippen LogP contribution in [0.5, 0.6) is 0 Å². The molecule has 0 bridgehead atoms. The third-order valence-corrected chi connectivity index (χ3v) is 2.13. The molecule has 0 fully saturated rings. The molecule has 0 spiro atoms. The maximum atomic E-state index is 11.9. The van der Waals surface area contributed by atoms with Gasteiger partial charge < -0.3 is 15.4 Å². The molecule has 0 saturated carbocycles. The van der Waals surface area contributed by atoms with E-state index in [4.69, 9.17) is 4.74 Å². The van der Waals surface area contributed by atoms with Gasteiger partial charge in [-0.15, -0.1) is 0 Å². The third-order valence-electron chi connectivity index (χ3n) is 2.13. The number of rotatable bonds is 5. The molecule has 1 atom stereocenters. The number of aromatic nitrogens is 1. The molecule has 0 aliphatic heterocycles. The van der Waals surface area contributed by atoms with Crippen LogP contribution in [-0.4, -0.2) is 37.7 Å². The lowest BCUT2D eigenvalue weighted by Crippen LogP contribution is -2.35. The second-order valence-electron chi connectivity index (χ2n) is 3.50. The molecule has 2 N–H and O–H groups in total. The highest BCUT2D eigenvalue weighted by Crippen LogP contribution is 2.12. The summed E-state index contributed by atoms with van der Waals surface area (Å²) < 4.78 is 4.95. The van der Waals surface area contributed by atoms with E-state index < -0.39 is 0 Å². The van der Waals surface area contributed by atoms with E-state index in [1.807, 2.05) is 6.92 Å². The fourth-order valence-electron chi connectivity index (χ4n) is 1.38. The Morgan fingerprint density at radius 1 is 1.62 bits per heavy atom. The Hall–Kier alpha value is -1.62. The molecule has 0 aromatic carbocycles. The lowest BCUT2D eigenvalue weighted by Gasteiger charge is -2.14. The Balaban J connectivity index is 2.72. The molecule has 16 heavy (non-hydrogen) atoms. The number of carbonyl (C=O) groups is 1. The van der Waals surface area contributed by atoms with Crippen LogP contribution in [-0.2, 0) is 4.74 Å². The molecule has 5 nitrogen and oxygen atoms in total. The summed E-state index contributed by atoms with van der Waals surface area (Å²) in [5.41, 5.74) is 1.30. The number of hydrogen-bond donors (Lipinski definition) is 2. The van der Waals surface area contributed by atoms with Crippen LogP contribution in [0.3, 0.4) is 0 Å². The predicted octanol–water partition coefficient (Wildman–Crippen LogP) is 0.888. The van der Waals surface area contributed by atoms with Gasteiger partial charge in [0.1, 0.15) is 0 Å². The van der Waals surface area contributed by atoms with E-state index in [9.17, 15) is 4.79 Å². The number of ether oxygens (including phenoxy) is 1.